The van der Waals surface area contributed by atoms with Crippen molar-refractivity contribution >= 4 is 0 Å². The smallest absolute Gasteiger partial charge is 0.261 e. The highest BCUT2D eigenvalue weighted by molar-refractivity contribution is 5.12. The Morgan fingerprint density at radius 1 is 1.41 bits per heavy atom. The second-order valence-electron chi connectivity index (χ2n) is 5.06. The number of alkyl halides is 2. The molecular formula is C12H18F2N2O. The van der Waals surface area contributed by atoms with Gasteiger partial charge in [0, 0.05) is 12.5 Å². The highest BCUT2D eigenvalue weighted by Gasteiger charge is 2.40. The van der Waals surface area contributed by atoms with Gasteiger partial charge in [0.25, 0.3) is 6.43 Å². The Morgan fingerprint density at radius 3 is 2.76 bits per heavy atom. The molecule has 0 bridgehead atoms. The molecule has 0 amide bonds. The molecule has 1 N–H and O–H groups in total. The predicted octanol–water partition coefficient (Wildman–Crippen LogP) is 2.23. The van der Waals surface area contributed by atoms with Gasteiger partial charge in [0.15, 0.2) is 0 Å². The molecule has 0 heterocycles. The Hall–Kier alpha value is -0.730. The first kappa shape index (κ1) is 12.7. The Kier molecular flexibility index (Phi) is 3.95. The number of nitriles is 1. The van der Waals surface area contributed by atoms with Gasteiger partial charge in [0.05, 0.1) is 12.2 Å². The number of hydrogen-bond acceptors (Lipinski definition) is 3. The first-order valence-electron chi connectivity index (χ1n) is 6.22. The third-order valence-corrected chi connectivity index (χ3v) is 3.44. The van der Waals surface area contributed by atoms with Crippen LogP contribution >= 0.6 is 0 Å². The van der Waals surface area contributed by atoms with Gasteiger partial charge in [0.2, 0.25) is 0 Å². The van der Waals surface area contributed by atoms with Crippen LogP contribution in [0.15, 0.2) is 0 Å². The summed E-state index contributed by atoms with van der Waals surface area (Å²) in [5, 5.41) is 12.6. The quantitative estimate of drug-likeness (QED) is 0.806. The van der Waals surface area contributed by atoms with E-state index in [1.165, 1.54) is 0 Å². The van der Waals surface area contributed by atoms with Crippen molar-refractivity contribution in [2.75, 3.05) is 6.61 Å². The highest BCUT2D eigenvalue weighted by atomic mass is 19.3. The number of nitrogens with zero attached hydrogens (tertiary/aromatic N) is 1. The van der Waals surface area contributed by atoms with E-state index in [-0.39, 0.29) is 6.10 Å². The monoisotopic (exact) mass is 244 g/mol. The van der Waals surface area contributed by atoms with E-state index >= 15 is 0 Å². The van der Waals surface area contributed by atoms with Crippen LogP contribution in [-0.4, -0.2) is 30.7 Å². The molecule has 0 spiro atoms. The van der Waals surface area contributed by atoms with E-state index in [0.717, 1.165) is 32.1 Å². The van der Waals surface area contributed by atoms with Gasteiger partial charge < -0.3 is 4.74 Å². The molecule has 2 fully saturated rings. The molecule has 17 heavy (non-hydrogen) atoms. The number of hydrogen-bond donors (Lipinski definition) is 1. The summed E-state index contributed by atoms with van der Waals surface area (Å²) in [6.07, 6.45) is 2.58. The van der Waals surface area contributed by atoms with E-state index in [2.05, 4.69) is 11.4 Å². The topological polar surface area (TPSA) is 45.0 Å². The zero-order valence-corrected chi connectivity index (χ0v) is 9.79. The lowest BCUT2D eigenvalue weighted by atomic mass is 9.81. The van der Waals surface area contributed by atoms with E-state index in [4.69, 9.17) is 4.74 Å². The van der Waals surface area contributed by atoms with E-state index < -0.39 is 18.6 Å². The number of nitrogens with one attached hydrogen (secondary N) is 1. The Labute approximate surface area is 100 Å². The predicted molar refractivity (Wildman–Crippen MR) is 58.7 cm³/mol. The Morgan fingerprint density at radius 2 is 2.18 bits per heavy atom. The minimum atomic E-state index is -2.43. The maximum absolute atomic E-state index is 12.1. The lowest BCUT2D eigenvalue weighted by Crippen LogP contribution is -2.50. The zero-order chi connectivity index (χ0) is 12.3. The maximum atomic E-state index is 12.1. The zero-order valence-electron chi connectivity index (χ0n) is 9.79. The van der Waals surface area contributed by atoms with Gasteiger partial charge in [0.1, 0.15) is 12.1 Å². The van der Waals surface area contributed by atoms with Gasteiger partial charge in [-0.1, -0.05) is 0 Å². The molecule has 0 aromatic heterocycles. The van der Waals surface area contributed by atoms with Gasteiger partial charge in [-0.3, -0.25) is 5.32 Å². The summed E-state index contributed by atoms with van der Waals surface area (Å²) in [5.41, 5.74) is -0.549. The molecule has 0 aromatic carbocycles. The first-order chi connectivity index (χ1) is 8.13. The lowest BCUT2D eigenvalue weighted by Gasteiger charge is -2.36. The van der Waals surface area contributed by atoms with Crippen LogP contribution in [0, 0.1) is 11.3 Å². The van der Waals surface area contributed by atoms with Crippen LogP contribution in [0.25, 0.3) is 0 Å². The summed E-state index contributed by atoms with van der Waals surface area (Å²) in [7, 11) is 0. The van der Waals surface area contributed by atoms with Crippen LogP contribution in [-0.2, 0) is 4.74 Å². The van der Waals surface area contributed by atoms with Crippen molar-refractivity contribution in [2.45, 2.75) is 62.6 Å². The van der Waals surface area contributed by atoms with Gasteiger partial charge >= 0.3 is 0 Å². The van der Waals surface area contributed by atoms with Crippen LogP contribution in [0.2, 0.25) is 0 Å². The molecule has 0 aliphatic heterocycles. The third-order valence-electron chi connectivity index (χ3n) is 3.44. The number of ether oxygens (including phenoxy) is 1. The largest absolute Gasteiger partial charge is 0.372 e. The molecule has 2 saturated carbocycles. The van der Waals surface area contributed by atoms with Crippen LogP contribution in [0.5, 0.6) is 0 Å². The summed E-state index contributed by atoms with van der Waals surface area (Å²) >= 11 is 0. The average molecular weight is 244 g/mol. The molecule has 2 unspecified atom stereocenters. The summed E-state index contributed by atoms with van der Waals surface area (Å²) in [6, 6.07) is 2.78. The molecule has 5 heteroatoms. The van der Waals surface area contributed by atoms with E-state index in [1.807, 2.05) is 0 Å². The van der Waals surface area contributed by atoms with Crippen molar-refractivity contribution in [1.82, 2.24) is 5.32 Å². The molecule has 2 aliphatic carbocycles. The SMILES string of the molecule is N#CC1(NC2CC2)CCCC(OCC(F)F)C1. The van der Waals surface area contributed by atoms with Gasteiger partial charge in [-0.15, -0.1) is 0 Å². The molecule has 96 valence electrons. The molecule has 0 radical (unpaired) electrons. The Balaban J connectivity index is 1.87. The van der Waals surface area contributed by atoms with Crippen molar-refractivity contribution in [3.05, 3.63) is 0 Å². The molecule has 2 atom stereocenters. The normalized spacial score (nSPS) is 33.6. The lowest BCUT2D eigenvalue weighted by molar-refractivity contribution is -0.0465. The molecule has 0 aromatic rings. The minimum absolute atomic E-state index is 0.205. The third kappa shape index (κ3) is 3.62. The maximum Gasteiger partial charge on any atom is 0.261 e. The fraction of sp³-hybridized carbons (Fsp3) is 0.917. The fourth-order valence-corrected chi connectivity index (χ4v) is 2.46. The summed E-state index contributed by atoms with van der Waals surface area (Å²) in [5.74, 6) is 0. The molecule has 3 nitrogen and oxygen atoms in total. The van der Waals surface area contributed by atoms with E-state index in [1.54, 1.807) is 0 Å². The molecule has 2 rings (SSSR count). The van der Waals surface area contributed by atoms with Crippen molar-refractivity contribution in [1.29, 1.82) is 5.26 Å². The van der Waals surface area contributed by atoms with Crippen molar-refractivity contribution < 1.29 is 13.5 Å². The molecular weight excluding hydrogens is 226 g/mol. The van der Waals surface area contributed by atoms with Crippen LogP contribution < -0.4 is 5.32 Å². The summed E-state index contributed by atoms with van der Waals surface area (Å²) < 4.78 is 29.3. The van der Waals surface area contributed by atoms with Crippen molar-refractivity contribution in [3.63, 3.8) is 0 Å². The van der Waals surface area contributed by atoms with Gasteiger partial charge in [-0.05, 0) is 32.1 Å². The standard InChI is InChI=1S/C12H18F2N2O/c13-11(14)7-17-10-2-1-5-12(6-10,8-15)16-9-3-4-9/h9-11,16H,1-7H2. The van der Waals surface area contributed by atoms with Crippen LogP contribution in [0.4, 0.5) is 8.78 Å². The fourth-order valence-electron chi connectivity index (χ4n) is 2.46. The summed E-state index contributed by atoms with van der Waals surface area (Å²) in [6.45, 7) is -0.518. The van der Waals surface area contributed by atoms with Crippen molar-refractivity contribution in [3.8, 4) is 6.07 Å². The van der Waals surface area contributed by atoms with Crippen LogP contribution in [0.3, 0.4) is 0 Å². The number of rotatable bonds is 5. The average Bonchev–Trinajstić information content (AvgIpc) is 3.11. The highest BCUT2D eigenvalue weighted by Crippen LogP contribution is 2.33. The first-order valence-corrected chi connectivity index (χ1v) is 6.22. The second kappa shape index (κ2) is 5.28. The van der Waals surface area contributed by atoms with Crippen molar-refractivity contribution in [2.24, 2.45) is 0 Å². The second-order valence-corrected chi connectivity index (χ2v) is 5.06. The molecule has 0 saturated heterocycles. The van der Waals surface area contributed by atoms with Gasteiger partial charge in [-0.2, -0.15) is 5.26 Å². The van der Waals surface area contributed by atoms with Crippen LogP contribution in [0.1, 0.15) is 38.5 Å². The minimum Gasteiger partial charge on any atom is -0.372 e. The van der Waals surface area contributed by atoms with E-state index in [0.29, 0.717) is 12.5 Å². The number of halogens is 2. The van der Waals surface area contributed by atoms with E-state index in [9.17, 15) is 14.0 Å². The molecule has 2 aliphatic rings. The Bertz CT molecular complexity index is 301. The summed E-state index contributed by atoms with van der Waals surface area (Å²) in [4.78, 5) is 0. The van der Waals surface area contributed by atoms with Gasteiger partial charge in [-0.25, -0.2) is 8.78 Å².